The van der Waals surface area contributed by atoms with E-state index in [1.165, 1.54) is 4.88 Å². The minimum absolute atomic E-state index is 0.0653. The summed E-state index contributed by atoms with van der Waals surface area (Å²) in [5.41, 5.74) is 7.07. The number of thiophene rings is 1. The Morgan fingerprint density at radius 1 is 1.06 bits per heavy atom. The van der Waals surface area contributed by atoms with Gasteiger partial charge in [-0.15, -0.1) is 11.3 Å². The van der Waals surface area contributed by atoms with Gasteiger partial charge in [0, 0.05) is 16.1 Å². The highest BCUT2D eigenvalue weighted by Gasteiger charge is 2.19. The Bertz CT molecular complexity index is 561. The summed E-state index contributed by atoms with van der Waals surface area (Å²) in [4.78, 5) is 14.3. The first-order valence-corrected chi connectivity index (χ1v) is 6.70. The summed E-state index contributed by atoms with van der Waals surface area (Å²) in [6.45, 7) is 6.45. The zero-order chi connectivity index (χ0) is 13.3. The minimum atomic E-state index is 0.0653. The lowest BCUT2D eigenvalue weighted by Gasteiger charge is -2.15. The van der Waals surface area contributed by atoms with Crippen LogP contribution in [0.2, 0.25) is 0 Å². The molecule has 18 heavy (non-hydrogen) atoms. The number of hydrogen-bond donors (Lipinski definition) is 1. The van der Waals surface area contributed by atoms with Crippen molar-refractivity contribution in [3.05, 3.63) is 51.7 Å². The molecule has 94 valence electrons. The molecule has 1 heterocycles. The molecule has 0 amide bonds. The van der Waals surface area contributed by atoms with Crippen LogP contribution in [0.3, 0.4) is 0 Å². The van der Waals surface area contributed by atoms with Crippen LogP contribution in [0.5, 0.6) is 0 Å². The van der Waals surface area contributed by atoms with Crippen LogP contribution in [0.4, 0.5) is 5.69 Å². The molecule has 0 saturated carbocycles. The van der Waals surface area contributed by atoms with Gasteiger partial charge in [-0.25, -0.2) is 0 Å². The summed E-state index contributed by atoms with van der Waals surface area (Å²) >= 11 is 1.57. The fourth-order valence-corrected chi connectivity index (χ4v) is 2.67. The number of carbonyl (C=O) groups is 1. The summed E-state index contributed by atoms with van der Waals surface area (Å²) in [5.74, 6) is 0.0653. The lowest BCUT2D eigenvalue weighted by Crippen LogP contribution is -2.07. The van der Waals surface area contributed by atoms with Crippen LogP contribution in [0, 0.1) is 0 Å². The molecule has 3 heteroatoms. The van der Waals surface area contributed by atoms with E-state index in [2.05, 4.69) is 20.8 Å². The summed E-state index contributed by atoms with van der Waals surface area (Å²) in [7, 11) is 0. The Balaban J connectivity index is 2.29. The number of benzene rings is 1. The molecule has 0 radical (unpaired) electrons. The first-order chi connectivity index (χ1) is 8.38. The van der Waals surface area contributed by atoms with E-state index in [-0.39, 0.29) is 11.2 Å². The normalized spacial score (nSPS) is 11.5. The molecule has 2 nitrogen and oxygen atoms in total. The molecular formula is C15H17NOS. The maximum absolute atomic E-state index is 12.3. The smallest absolute Gasteiger partial charge is 0.202 e. The second-order valence-electron chi connectivity index (χ2n) is 5.37. The number of rotatable bonds is 2. The zero-order valence-electron chi connectivity index (χ0n) is 10.9. The van der Waals surface area contributed by atoms with Crippen molar-refractivity contribution in [1.82, 2.24) is 0 Å². The second-order valence-corrected chi connectivity index (χ2v) is 6.45. The predicted octanol–water partition coefficient (Wildman–Crippen LogP) is 3.86. The molecule has 2 rings (SSSR count). The van der Waals surface area contributed by atoms with Crippen LogP contribution in [0.15, 0.2) is 36.4 Å². The number of hydrogen-bond acceptors (Lipinski definition) is 3. The Kier molecular flexibility index (Phi) is 3.26. The van der Waals surface area contributed by atoms with Crippen molar-refractivity contribution in [2.24, 2.45) is 0 Å². The molecule has 0 fully saturated rings. The molecule has 0 spiro atoms. The Morgan fingerprint density at radius 3 is 2.17 bits per heavy atom. The van der Waals surface area contributed by atoms with Crippen LogP contribution in [-0.2, 0) is 5.41 Å². The van der Waals surface area contributed by atoms with E-state index >= 15 is 0 Å². The molecule has 1 aromatic carbocycles. The lowest BCUT2D eigenvalue weighted by atomic mass is 9.95. The van der Waals surface area contributed by atoms with Crippen molar-refractivity contribution in [2.45, 2.75) is 26.2 Å². The lowest BCUT2D eigenvalue weighted by molar-refractivity contribution is 0.104. The Labute approximate surface area is 111 Å². The quantitative estimate of drug-likeness (QED) is 0.657. The van der Waals surface area contributed by atoms with Crippen molar-refractivity contribution < 1.29 is 4.79 Å². The second kappa shape index (κ2) is 4.58. The van der Waals surface area contributed by atoms with E-state index in [0.717, 1.165) is 4.88 Å². The summed E-state index contributed by atoms with van der Waals surface area (Å²) in [6, 6.07) is 11.0. The minimum Gasteiger partial charge on any atom is -0.399 e. The predicted molar refractivity (Wildman–Crippen MR) is 77.3 cm³/mol. The SMILES string of the molecule is CC(C)(C)c1ccc(C(=O)c2ccc(N)cc2)s1. The van der Waals surface area contributed by atoms with Gasteiger partial charge in [0.05, 0.1) is 4.88 Å². The van der Waals surface area contributed by atoms with E-state index < -0.39 is 0 Å². The summed E-state index contributed by atoms with van der Waals surface area (Å²) < 4.78 is 0. The van der Waals surface area contributed by atoms with Gasteiger partial charge < -0.3 is 5.73 Å². The molecule has 0 aliphatic carbocycles. The van der Waals surface area contributed by atoms with Crippen molar-refractivity contribution in [2.75, 3.05) is 5.73 Å². The highest BCUT2D eigenvalue weighted by atomic mass is 32.1. The van der Waals surface area contributed by atoms with Gasteiger partial charge in [-0.3, -0.25) is 4.79 Å². The van der Waals surface area contributed by atoms with Gasteiger partial charge >= 0.3 is 0 Å². The van der Waals surface area contributed by atoms with Crippen molar-refractivity contribution >= 4 is 22.8 Å². The summed E-state index contributed by atoms with van der Waals surface area (Å²) in [6.07, 6.45) is 0. The van der Waals surface area contributed by atoms with Crippen LogP contribution < -0.4 is 5.73 Å². The van der Waals surface area contributed by atoms with Gasteiger partial charge in [0.15, 0.2) is 0 Å². The Hall–Kier alpha value is -1.61. The zero-order valence-corrected chi connectivity index (χ0v) is 11.7. The van der Waals surface area contributed by atoms with Crippen molar-refractivity contribution in [3.63, 3.8) is 0 Å². The van der Waals surface area contributed by atoms with E-state index in [1.807, 2.05) is 12.1 Å². The molecule has 1 aromatic heterocycles. The fraction of sp³-hybridized carbons (Fsp3) is 0.267. The number of carbonyl (C=O) groups excluding carboxylic acids is 1. The molecular weight excluding hydrogens is 242 g/mol. The molecule has 0 atom stereocenters. The largest absolute Gasteiger partial charge is 0.399 e. The van der Waals surface area contributed by atoms with Crippen LogP contribution in [0.1, 0.15) is 40.9 Å². The molecule has 0 saturated heterocycles. The van der Waals surface area contributed by atoms with Crippen molar-refractivity contribution in [3.8, 4) is 0 Å². The maximum Gasteiger partial charge on any atom is 0.202 e. The fourth-order valence-electron chi connectivity index (χ4n) is 1.64. The first kappa shape index (κ1) is 12.8. The highest BCUT2D eigenvalue weighted by Crippen LogP contribution is 2.30. The van der Waals surface area contributed by atoms with Gasteiger partial charge in [-0.1, -0.05) is 20.8 Å². The number of nitrogen functional groups attached to an aromatic ring is 1. The third-order valence-electron chi connectivity index (χ3n) is 2.74. The van der Waals surface area contributed by atoms with Crippen LogP contribution >= 0.6 is 11.3 Å². The average Bonchev–Trinajstić information content (AvgIpc) is 2.78. The molecule has 2 aromatic rings. The molecule has 0 aliphatic rings. The van der Waals surface area contributed by atoms with Crippen LogP contribution in [0.25, 0.3) is 0 Å². The average molecular weight is 259 g/mol. The molecule has 0 unspecified atom stereocenters. The maximum atomic E-state index is 12.3. The monoisotopic (exact) mass is 259 g/mol. The van der Waals surface area contributed by atoms with E-state index in [4.69, 9.17) is 5.73 Å². The van der Waals surface area contributed by atoms with Gasteiger partial charge in [-0.2, -0.15) is 0 Å². The van der Waals surface area contributed by atoms with Gasteiger partial charge in [0.1, 0.15) is 0 Å². The van der Waals surface area contributed by atoms with Gasteiger partial charge in [0.25, 0.3) is 0 Å². The highest BCUT2D eigenvalue weighted by molar-refractivity contribution is 7.14. The number of ketones is 1. The first-order valence-electron chi connectivity index (χ1n) is 5.88. The standard InChI is InChI=1S/C15H17NOS/c1-15(2,3)13-9-8-12(18-13)14(17)10-4-6-11(16)7-5-10/h4-9H,16H2,1-3H3. The van der Waals surface area contributed by atoms with Crippen molar-refractivity contribution in [1.29, 1.82) is 0 Å². The van der Waals surface area contributed by atoms with Crippen LogP contribution in [-0.4, -0.2) is 5.78 Å². The summed E-state index contributed by atoms with van der Waals surface area (Å²) in [5, 5.41) is 0. The molecule has 2 N–H and O–H groups in total. The van der Waals surface area contributed by atoms with E-state index in [9.17, 15) is 4.79 Å². The molecule has 0 aliphatic heterocycles. The topological polar surface area (TPSA) is 43.1 Å². The molecule has 0 bridgehead atoms. The van der Waals surface area contributed by atoms with E-state index in [0.29, 0.717) is 11.3 Å². The van der Waals surface area contributed by atoms with Gasteiger partial charge in [0.2, 0.25) is 5.78 Å². The third-order valence-corrected chi connectivity index (χ3v) is 4.25. The number of anilines is 1. The Morgan fingerprint density at radius 2 is 1.67 bits per heavy atom. The van der Waals surface area contributed by atoms with Gasteiger partial charge in [-0.05, 0) is 41.8 Å². The number of nitrogens with two attached hydrogens (primary N) is 1. The van der Waals surface area contributed by atoms with E-state index in [1.54, 1.807) is 35.6 Å². The third kappa shape index (κ3) is 2.62.